The quantitative estimate of drug-likeness (QED) is 0.235. The Kier molecular flexibility index (Phi) is 5.91. The number of nitrogens with zero attached hydrogens (tertiary/aromatic N) is 4. The zero-order valence-corrected chi connectivity index (χ0v) is 20.3. The SMILES string of the molecule is [C-]#[N+]c1ccnc(-c2ccc(-c3ccc4cc(-c5ccc(-c6cc(C#N)ccn6)cc5)ccc4c3)cc2)c1. The van der Waals surface area contributed by atoms with Gasteiger partial charge < -0.3 is 0 Å². The summed E-state index contributed by atoms with van der Waals surface area (Å²) in [6.45, 7) is 7.22. The van der Waals surface area contributed by atoms with E-state index >= 15 is 0 Å². The minimum atomic E-state index is 0.589. The predicted octanol–water partition coefficient (Wildman–Crippen LogP) is 8.72. The summed E-state index contributed by atoms with van der Waals surface area (Å²) in [6, 6.07) is 38.8. The average molecular weight is 485 g/mol. The van der Waals surface area contributed by atoms with Crippen molar-refractivity contribution in [2.45, 2.75) is 0 Å². The molecule has 0 aliphatic rings. The third-order valence-corrected chi connectivity index (χ3v) is 6.63. The molecule has 0 fully saturated rings. The van der Waals surface area contributed by atoms with Crippen LogP contribution < -0.4 is 0 Å². The second-order valence-electron chi connectivity index (χ2n) is 8.98. The van der Waals surface area contributed by atoms with Gasteiger partial charge >= 0.3 is 0 Å². The van der Waals surface area contributed by atoms with Gasteiger partial charge in [-0.1, -0.05) is 72.8 Å². The largest absolute Gasteiger partial charge is 0.259 e. The maximum absolute atomic E-state index is 9.15. The van der Waals surface area contributed by atoms with Gasteiger partial charge in [0.2, 0.25) is 0 Å². The van der Waals surface area contributed by atoms with E-state index in [1.165, 1.54) is 10.8 Å². The molecule has 6 aromatic rings. The minimum absolute atomic E-state index is 0.589. The minimum Gasteiger partial charge on any atom is -0.259 e. The molecule has 2 aromatic heterocycles. The van der Waals surface area contributed by atoms with Gasteiger partial charge in [0.25, 0.3) is 0 Å². The molecule has 0 saturated carbocycles. The van der Waals surface area contributed by atoms with Crippen LogP contribution in [0.25, 0.3) is 60.4 Å². The van der Waals surface area contributed by atoms with Gasteiger partial charge in [-0.2, -0.15) is 5.26 Å². The molecule has 2 heterocycles. The van der Waals surface area contributed by atoms with Crippen LogP contribution in [0.4, 0.5) is 5.69 Å². The van der Waals surface area contributed by atoms with Gasteiger partial charge in [-0.25, -0.2) is 4.85 Å². The third-order valence-electron chi connectivity index (χ3n) is 6.63. The van der Waals surface area contributed by atoms with Gasteiger partial charge in [0, 0.05) is 18.0 Å². The summed E-state index contributed by atoms with van der Waals surface area (Å²) in [5.41, 5.74) is 9.32. The van der Waals surface area contributed by atoms with Crippen LogP contribution in [0.2, 0.25) is 0 Å². The highest BCUT2D eigenvalue weighted by Crippen LogP contribution is 2.31. The molecule has 176 valence electrons. The summed E-state index contributed by atoms with van der Waals surface area (Å²) in [6.07, 6.45) is 3.34. The van der Waals surface area contributed by atoms with Crippen molar-refractivity contribution in [2.24, 2.45) is 0 Å². The fraction of sp³-hybridized carbons (Fsp3) is 0. The summed E-state index contributed by atoms with van der Waals surface area (Å²) in [5.74, 6) is 0. The van der Waals surface area contributed by atoms with E-state index in [-0.39, 0.29) is 0 Å². The summed E-state index contributed by atoms with van der Waals surface area (Å²) in [7, 11) is 0. The van der Waals surface area contributed by atoms with E-state index in [2.05, 4.69) is 93.7 Å². The lowest BCUT2D eigenvalue weighted by Crippen LogP contribution is -1.86. The number of fused-ring (bicyclic) bond motifs is 1. The van der Waals surface area contributed by atoms with E-state index < -0.39 is 0 Å². The fourth-order valence-corrected chi connectivity index (χ4v) is 4.58. The smallest absolute Gasteiger partial charge is 0.190 e. The van der Waals surface area contributed by atoms with Crippen LogP contribution in [0, 0.1) is 17.9 Å². The number of aromatic nitrogens is 2. The molecule has 0 saturated heterocycles. The van der Waals surface area contributed by atoms with Crippen molar-refractivity contribution in [1.29, 1.82) is 5.26 Å². The Hall–Kier alpha value is -5.58. The standard InChI is InChI=1S/C34H20N4/c1-36-32-15-17-38-34(21-32)27-8-4-25(5-9-27)29-11-13-30-19-28(10-12-31(30)20-29)24-2-6-26(7-3-24)33-18-23(22-35)14-16-37-33/h2-21H. The van der Waals surface area contributed by atoms with Crippen LogP contribution in [-0.4, -0.2) is 9.97 Å². The van der Waals surface area contributed by atoms with E-state index in [1.807, 2.05) is 18.2 Å². The molecule has 0 unspecified atom stereocenters. The molecule has 0 N–H and O–H groups in total. The normalized spacial score (nSPS) is 10.6. The molecule has 0 atom stereocenters. The first-order valence-corrected chi connectivity index (χ1v) is 12.2. The Labute approximate surface area is 221 Å². The highest BCUT2D eigenvalue weighted by atomic mass is 14.7. The Morgan fingerprint density at radius 1 is 0.526 bits per heavy atom. The van der Waals surface area contributed by atoms with Gasteiger partial charge in [0.1, 0.15) is 0 Å². The van der Waals surface area contributed by atoms with Crippen LogP contribution in [0.1, 0.15) is 5.56 Å². The van der Waals surface area contributed by atoms with Crippen molar-refractivity contribution in [2.75, 3.05) is 0 Å². The predicted molar refractivity (Wildman–Crippen MR) is 152 cm³/mol. The lowest BCUT2D eigenvalue weighted by molar-refractivity contribution is 1.31. The van der Waals surface area contributed by atoms with Crippen molar-refractivity contribution in [3.8, 4) is 50.8 Å². The number of hydrogen-bond donors (Lipinski definition) is 0. The molecule has 0 aliphatic carbocycles. The van der Waals surface area contributed by atoms with E-state index in [9.17, 15) is 0 Å². The molecule has 0 spiro atoms. The zero-order chi connectivity index (χ0) is 25.9. The van der Waals surface area contributed by atoms with Crippen LogP contribution in [0.15, 0.2) is 122 Å². The summed E-state index contributed by atoms with van der Waals surface area (Å²) in [5, 5.41) is 11.5. The molecule has 4 heteroatoms. The lowest BCUT2D eigenvalue weighted by Gasteiger charge is -2.09. The van der Waals surface area contributed by atoms with Crippen LogP contribution >= 0.6 is 0 Å². The monoisotopic (exact) mass is 484 g/mol. The van der Waals surface area contributed by atoms with Gasteiger partial charge in [-0.3, -0.25) is 9.97 Å². The van der Waals surface area contributed by atoms with Crippen molar-refractivity contribution in [3.63, 3.8) is 0 Å². The Bertz CT molecular complexity index is 1730. The number of pyridine rings is 2. The molecule has 0 amide bonds. The van der Waals surface area contributed by atoms with Crippen molar-refractivity contribution >= 4 is 16.5 Å². The van der Waals surface area contributed by atoms with E-state index in [0.29, 0.717) is 11.3 Å². The number of benzene rings is 4. The van der Waals surface area contributed by atoms with Crippen molar-refractivity contribution in [3.05, 3.63) is 139 Å². The topological polar surface area (TPSA) is 53.9 Å². The third kappa shape index (κ3) is 4.51. The van der Waals surface area contributed by atoms with Crippen molar-refractivity contribution in [1.82, 2.24) is 9.97 Å². The van der Waals surface area contributed by atoms with Gasteiger partial charge in [-0.05, 0) is 75.0 Å². The Morgan fingerprint density at radius 2 is 1.00 bits per heavy atom. The van der Waals surface area contributed by atoms with E-state index in [4.69, 9.17) is 11.8 Å². The maximum Gasteiger partial charge on any atom is 0.190 e. The summed E-state index contributed by atoms with van der Waals surface area (Å²) >= 11 is 0. The average Bonchev–Trinajstić information content (AvgIpc) is 3.01. The molecule has 6 rings (SSSR count). The first-order valence-electron chi connectivity index (χ1n) is 12.2. The van der Waals surface area contributed by atoms with E-state index in [0.717, 1.165) is 44.8 Å². The second-order valence-corrected chi connectivity index (χ2v) is 8.98. The molecule has 4 nitrogen and oxygen atoms in total. The zero-order valence-electron chi connectivity index (χ0n) is 20.3. The van der Waals surface area contributed by atoms with Gasteiger partial charge in [0.05, 0.1) is 29.6 Å². The van der Waals surface area contributed by atoms with Gasteiger partial charge in [-0.15, -0.1) is 0 Å². The molecule has 38 heavy (non-hydrogen) atoms. The van der Waals surface area contributed by atoms with Crippen LogP contribution in [-0.2, 0) is 0 Å². The summed E-state index contributed by atoms with van der Waals surface area (Å²) in [4.78, 5) is 12.3. The molecule has 0 bridgehead atoms. The Balaban J connectivity index is 1.25. The molecular formula is C34H20N4. The first-order chi connectivity index (χ1) is 18.7. The van der Waals surface area contributed by atoms with E-state index in [1.54, 1.807) is 30.6 Å². The molecule has 0 radical (unpaired) electrons. The number of rotatable bonds is 4. The Morgan fingerprint density at radius 3 is 1.53 bits per heavy atom. The van der Waals surface area contributed by atoms with Crippen LogP contribution in [0.3, 0.4) is 0 Å². The second kappa shape index (κ2) is 9.82. The van der Waals surface area contributed by atoms with Gasteiger partial charge in [0.15, 0.2) is 5.69 Å². The van der Waals surface area contributed by atoms with Crippen molar-refractivity contribution < 1.29 is 0 Å². The fourth-order valence-electron chi connectivity index (χ4n) is 4.58. The first kappa shape index (κ1) is 22.9. The number of nitriles is 1. The maximum atomic E-state index is 9.15. The molecule has 4 aromatic carbocycles. The number of hydrogen-bond acceptors (Lipinski definition) is 3. The highest BCUT2D eigenvalue weighted by molar-refractivity contribution is 5.91. The molecule has 0 aliphatic heterocycles. The lowest BCUT2D eigenvalue weighted by atomic mass is 9.96. The highest BCUT2D eigenvalue weighted by Gasteiger charge is 2.06. The summed E-state index contributed by atoms with van der Waals surface area (Å²) < 4.78 is 0. The van der Waals surface area contributed by atoms with Crippen LogP contribution in [0.5, 0.6) is 0 Å². The molecular weight excluding hydrogens is 464 g/mol.